The molecular weight excluding hydrogens is 294 g/mol. The lowest BCUT2D eigenvalue weighted by atomic mass is 9.88. The van der Waals surface area contributed by atoms with Crippen molar-refractivity contribution < 1.29 is 9.90 Å². The highest BCUT2D eigenvalue weighted by molar-refractivity contribution is 8.00. The van der Waals surface area contributed by atoms with E-state index >= 15 is 0 Å². The fraction of sp³-hybridized carbons (Fsp3) is 0.533. The van der Waals surface area contributed by atoms with Crippen LogP contribution in [0.25, 0.3) is 0 Å². The largest absolute Gasteiger partial charge is 0.507 e. The number of amides is 1. The van der Waals surface area contributed by atoms with Crippen molar-refractivity contribution in [3.05, 3.63) is 28.8 Å². The summed E-state index contributed by atoms with van der Waals surface area (Å²) in [6.45, 7) is 0.638. The van der Waals surface area contributed by atoms with Gasteiger partial charge in [-0.25, -0.2) is 0 Å². The number of benzene rings is 1. The Kier molecular flexibility index (Phi) is 5.22. The molecule has 110 valence electrons. The van der Waals surface area contributed by atoms with E-state index < -0.39 is 0 Å². The van der Waals surface area contributed by atoms with Crippen LogP contribution in [0, 0.1) is 0 Å². The summed E-state index contributed by atoms with van der Waals surface area (Å²) >= 11 is 7.70. The third-order valence-electron chi connectivity index (χ3n) is 3.97. The molecule has 1 amide bonds. The molecule has 0 atom stereocenters. The van der Waals surface area contributed by atoms with Crippen molar-refractivity contribution >= 4 is 29.3 Å². The third kappa shape index (κ3) is 3.61. The van der Waals surface area contributed by atoms with Crippen LogP contribution in [0.2, 0.25) is 5.02 Å². The molecule has 1 fully saturated rings. The molecule has 1 aliphatic carbocycles. The van der Waals surface area contributed by atoms with Gasteiger partial charge in [0.25, 0.3) is 5.91 Å². The van der Waals surface area contributed by atoms with Crippen LogP contribution in [0.4, 0.5) is 0 Å². The van der Waals surface area contributed by atoms with Gasteiger partial charge in [0, 0.05) is 16.3 Å². The van der Waals surface area contributed by atoms with Crippen LogP contribution in [0.1, 0.15) is 42.5 Å². The zero-order chi connectivity index (χ0) is 14.6. The maximum Gasteiger partial charge on any atom is 0.255 e. The van der Waals surface area contributed by atoms with Crippen LogP contribution in [-0.2, 0) is 0 Å². The Hall–Kier alpha value is -0.870. The van der Waals surface area contributed by atoms with Gasteiger partial charge in [0.2, 0.25) is 0 Å². The molecule has 3 nitrogen and oxygen atoms in total. The lowest BCUT2D eigenvalue weighted by Crippen LogP contribution is -2.41. The summed E-state index contributed by atoms with van der Waals surface area (Å²) < 4.78 is 0.141. The van der Waals surface area contributed by atoms with Crippen molar-refractivity contribution in [1.82, 2.24) is 5.32 Å². The van der Waals surface area contributed by atoms with Crippen molar-refractivity contribution in [2.45, 2.75) is 36.9 Å². The summed E-state index contributed by atoms with van der Waals surface area (Å²) in [5.74, 6) is -0.294. The summed E-state index contributed by atoms with van der Waals surface area (Å²) in [4.78, 5) is 12.2. The lowest BCUT2D eigenvalue weighted by Gasteiger charge is -2.35. The third-order valence-corrected chi connectivity index (χ3v) is 5.63. The van der Waals surface area contributed by atoms with E-state index in [1.165, 1.54) is 31.4 Å². The predicted molar refractivity (Wildman–Crippen MR) is 84.8 cm³/mol. The number of aromatic hydroxyl groups is 1. The number of carbonyl (C=O) groups is 1. The van der Waals surface area contributed by atoms with Gasteiger partial charge in [-0.05, 0) is 37.3 Å². The lowest BCUT2D eigenvalue weighted by molar-refractivity contribution is 0.0944. The summed E-state index contributed by atoms with van der Waals surface area (Å²) in [6, 6.07) is 4.51. The molecule has 1 aromatic carbocycles. The van der Waals surface area contributed by atoms with E-state index in [-0.39, 0.29) is 22.0 Å². The van der Waals surface area contributed by atoms with E-state index in [1.54, 1.807) is 6.07 Å². The fourth-order valence-electron chi connectivity index (χ4n) is 2.68. The van der Waals surface area contributed by atoms with Gasteiger partial charge in [0.1, 0.15) is 5.75 Å². The number of carbonyl (C=O) groups excluding carboxylic acids is 1. The highest BCUT2D eigenvalue weighted by Gasteiger charge is 2.31. The average Bonchev–Trinajstić information content (AvgIpc) is 2.48. The van der Waals surface area contributed by atoms with Gasteiger partial charge in [-0.2, -0.15) is 11.8 Å². The summed E-state index contributed by atoms with van der Waals surface area (Å²) in [5, 5.41) is 13.1. The highest BCUT2D eigenvalue weighted by atomic mass is 35.5. The first kappa shape index (κ1) is 15.5. The molecule has 5 heteroatoms. The SMILES string of the molecule is CSC1(CNC(=O)c2cc(Cl)ccc2O)CCCCC1. The fourth-order valence-corrected chi connectivity index (χ4v) is 3.76. The predicted octanol–water partition coefficient (Wildman–Crippen LogP) is 3.84. The van der Waals surface area contributed by atoms with Crippen molar-refractivity contribution in [2.75, 3.05) is 12.8 Å². The van der Waals surface area contributed by atoms with Crippen LogP contribution >= 0.6 is 23.4 Å². The number of phenols is 1. The molecule has 0 unspecified atom stereocenters. The Morgan fingerprint density at radius 2 is 2.10 bits per heavy atom. The monoisotopic (exact) mass is 313 g/mol. The number of phenolic OH excluding ortho intramolecular Hbond substituents is 1. The minimum Gasteiger partial charge on any atom is -0.507 e. The number of halogens is 1. The molecule has 0 bridgehead atoms. The van der Waals surface area contributed by atoms with Crippen LogP contribution in [0.15, 0.2) is 18.2 Å². The van der Waals surface area contributed by atoms with E-state index in [4.69, 9.17) is 11.6 Å². The maximum atomic E-state index is 12.2. The van der Waals surface area contributed by atoms with E-state index in [0.717, 1.165) is 12.8 Å². The average molecular weight is 314 g/mol. The van der Waals surface area contributed by atoms with Gasteiger partial charge in [0.15, 0.2) is 0 Å². The molecule has 0 saturated heterocycles. The summed E-state index contributed by atoms with van der Waals surface area (Å²) in [5.41, 5.74) is 0.240. The van der Waals surface area contributed by atoms with Crippen LogP contribution in [0.5, 0.6) is 5.75 Å². The molecule has 1 saturated carbocycles. The van der Waals surface area contributed by atoms with E-state index in [1.807, 2.05) is 11.8 Å². The Balaban J connectivity index is 2.02. The van der Waals surface area contributed by atoms with Gasteiger partial charge in [-0.1, -0.05) is 30.9 Å². The van der Waals surface area contributed by atoms with Crippen molar-refractivity contribution in [3.63, 3.8) is 0 Å². The number of nitrogens with one attached hydrogen (secondary N) is 1. The van der Waals surface area contributed by atoms with Gasteiger partial charge in [0.05, 0.1) is 5.56 Å². The standard InChI is InChI=1S/C15H20ClNO2S/c1-20-15(7-3-2-4-8-15)10-17-14(19)12-9-11(16)5-6-13(12)18/h5-6,9,18H,2-4,7-8,10H2,1H3,(H,17,19). The molecule has 2 rings (SSSR count). The van der Waals surface area contributed by atoms with Crippen molar-refractivity contribution in [1.29, 1.82) is 0 Å². The first-order valence-corrected chi connectivity index (χ1v) is 8.48. The smallest absolute Gasteiger partial charge is 0.255 e. The molecule has 0 aliphatic heterocycles. The molecule has 20 heavy (non-hydrogen) atoms. The second kappa shape index (κ2) is 6.72. The van der Waals surface area contributed by atoms with Crippen LogP contribution < -0.4 is 5.32 Å². The topological polar surface area (TPSA) is 49.3 Å². The van der Waals surface area contributed by atoms with Crippen molar-refractivity contribution in [3.8, 4) is 5.75 Å². The van der Waals surface area contributed by atoms with Crippen LogP contribution in [-0.4, -0.2) is 28.6 Å². The summed E-state index contributed by atoms with van der Waals surface area (Å²) in [7, 11) is 0. The second-order valence-corrected chi connectivity index (χ2v) is 7.00. The van der Waals surface area contributed by atoms with Gasteiger partial charge in [-0.15, -0.1) is 0 Å². The quantitative estimate of drug-likeness (QED) is 0.888. The van der Waals surface area contributed by atoms with Gasteiger partial charge < -0.3 is 10.4 Å². The molecule has 2 N–H and O–H groups in total. The Bertz CT molecular complexity index is 487. The van der Waals surface area contributed by atoms with E-state index in [2.05, 4.69) is 11.6 Å². The Morgan fingerprint density at radius 1 is 1.40 bits per heavy atom. The van der Waals surface area contributed by atoms with Gasteiger partial charge in [-0.3, -0.25) is 4.79 Å². The maximum absolute atomic E-state index is 12.2. The number of rotatable bonds is 4. The molecule has 0 aromatic heterocycles. The molecule has 1 aliphatic rings. The summed E-state index contributed by atoms with van der Waals surface area (Å²) in [6.07, 6.45) is 8.10. The normalized spacial score (nSPS) is 17.7. The highest BCUT2D eigenvalue weighted by Crippen LogP contribution is 2.38. The Morgan fingerprint density at radius 3 is 2.75 bits per heavy atom. The number of hydrogen-bond donors (Lipinski definition) is 2. The minimum absolute atomic E-state index is 0.0336. The van der Waals surface area contributed by atoms with E-state index in [9.17, 15) is 9.90 Å². The Labute approximate surface area is 129 Å². The number of hydrogen-bond acceptors (Lipinski definition) is 3. The zero-order valence-electron chi connectivity index (χ0n) is 11.6. The number of thioether (sulfide) groups is 1. The first-order chi connectivity index (χ1) is 9.56. The molecule has 0 spiro atoms. The minimum atomic E-state index is -0.260. The molecule has 1 aromatic rings. The molecule has 0 heterocycles. The first-order valence-electron chi connectivity index (χ1n) is 6.88. The van der Waals surface area contributed by atoms with E-state index in [0.29, 0.717) is 11.6 Å². The van der Waals surface area contributed by atoms with Crippen LogP contribution in [0.3, 0.4) is 0 Å². The molecular formula is C15H20ClNO2S. The van der Waals surface area contributed by atoms with Crippen molar-refractivity contribution in [2.24, 2.45) is 0 Å². The zero-order valence-corrected chi connectivity index (χ0v) is 13.2. The van der Waals surface area contributed by atoms with Gasteiger partial charge >= 0.3 is 0 Å². The molecule has 0 radical (unpaired) electrons. The second-order valence-electron chi connectivity index (χ2n) is 5.29.